The zero-order chi connectivity index (χ0) is 16.5. The number of nitrogens with zero attached hydrogens (tertiary/aromatic N) is 3. The van der Waals surface area contributed by atoms with E-state index in [-0.39, 0.29) is 11.5 Å². The minimum atomic E-state index is 0.152. The summed E-state index contributed by atoms with van der Waals surface area (Å²) >= 11 is 1.39. The van der Waals surface area contributed by atoms with Gasteiger partial charge in [0.15, 0.2) is 0 Å². The molecule has 0 bridgehead atoms. The summed E-state index contributed by atoms with van der Waals surface area (Å²) in [6.07, 6.45) is 4.89. The predicted octanol–water partition coefficient (Wildman–Crippen LogP) is 1.75. The van der Waals surface area contributed by atoms with Gasteiger partial charge in [-0.1, -0.05) is 34.5 Å². The van der Waals surface area contributed by atoms with Crippen LogP contribution in [0.2, 0.25) is 0 Å². The molecule has 2 aromatic rings. The van der Waals surface area contributed by atoms with Gasteiger partial charge in [-0.2, -0.15) is 10.5 Å². The van der Waals surface area contributed by atoms with Gasteiger partial charge < -0.3 is 10.2 Å². The maximum Gasteiger partial charge on any atom is 0.305 e. The zero-order valence-electron chi connectivity index (χ0n) is 12.5. The van der Waals surface area contributed by atoms with Crippen LogP contribution in [0.5, 0.6) is 11.5 Å². The first-order valence-electron chi connectivity index (χ1n) is 6.78. The van der Waals surface area contributed by atoms with E-state index in [9.17, 15) is 10.2 Å². The molecule has 23 heavy (non-hydrogen) atoms. The molecule has 2 aromatic carbocycles. The van der Waals surface area contributed by atoms with E-state index in [0.29, 0.717) is 16.3 Å². The Labute approximate surface area is 138 Å². The number of nitrogens with two attached hydrogens (primary N) is 1. The van der Waals surface area contributed by atoms with Crippen LogP contribution in [-0.4, -0.2) is 34.1 Å². The first-order valence-corrected chi connectivity index (χ1v) is 8.00. The summed E-state index contributed by atoms with van der Waals surface area (Å²) in [5.41, 5.74) is 2.77. The highest BCUT2D eigenvalue weighted by molar-refractivity contribution is 8.12. The van der Waals surface area contributed by atoms with Crippen molar-refractivity contribution in [2.45, 2.75) is 0 Å². The van der Waals surface area contributed by atoms with E-state index in [1.165, 1.54) is 18.0 Å². The van der Waals surface area contributed by atoms with Crippen LogP contribution in [0.15, 0.2) is 63.8 Å². The number of hydrogen-bond donors (Lipinski definition) is 3. The topological polar surface area (TPSA) is 94.2 Å². The predicted molar refractivity (Wildman–Crippen MR) is 94.3 cm³/mol. The standard InChI is InChI=1S/C16H16N4O2S/c1-23-16(19-17-10-12-6-2-4-8-14(12)21)20-18-11-13-7-3-5-9-15(13)22/h2-11,21-22H,1H3,(H,19,20)/p+1. The van der Waals surface area contributed by atoms with Crippen molar-refractivity contribution < 1.29 is 15.6 Å². The molecule has 0 aliphatic carbocycles. The van der Waals surface area contributed by atoms with Crippen LogP contribution in [0.25, 0.3) is 0 Å². The molecule has 0 aromatic heterocycles. The Morgan fingerprint density at radius 1 is 0.957 bits per heavy atom. The van der Waals surface area contributed by atoms with Crippen molar-refractivity contribution in [2.24, 2.45) is 15.3 Å². The average molecular weight is 329 g/mol. The fourth-order valence-corrected chi connectivity index (χ4v) is 1.94. The molecule has 0 atom stereocenters. The van der Waals surface area contributed by atoms with Gasteiger partial charge in [0, 0.05) is 11.1 Å². The number of thioether (sulfide) groups is 1. The first kappa shape index (κ1) is 16.7. The van der Waals surface area contributed by atoms with Crippen molar-refractivity contribution in [1.82, 2.24) is 0 Å². The normalized spacial score (nSPS) is 12.3. The van der Waals surface area contributed by atoms with Crippen LogP contribution in [0.4, 0.5) is 0 Å². The number of amidine groups is 1. The SMILES string of the molecule is CS/C(=N/N=Cc1ccccc1O)[NH2+]N=Cc1ccccc1O. The van der Waals surface area contributed by atoms with Gasteiger partial charge in [-0.3, -0.25) is 0 Å². The van der Waals surface area contributed by atoms with Crippen molar-refractivity contribution in [1.29, 1.82) is 0 Å². The van der Waals surface area contributed by atoms with Crippen molar-refractivity contribution in [3.8, 4) is 11.5 Å². The summed E-state index contributed by atoms with van der Waals surface area (Å²) in [6.45, 7) is 0. The Bertz CT molecular complexity index is 744. The van der Waals surface area contributed by atoms with Gasteiger partial charge in [0.25, 0.3) is 0 Å². The number of para-hydroxylation sites is 2. The maximum absolute atomic E-state index is 9.64. The lowest BCUT2D eigenvalue weighted by Gasteiger charge is -1.96. The Morgan fingerprint density at radius 2 is 1.52 bits per heavy atom. The van der Waals surface area contributed by atoms with Crippen molar-refractivity contribution in [2.75, 3.05) is 6.26 Å². The summed E-state index contributed by atoms with van der Waals surface area (Å²) in [4.78, 5) is 0. The number of rotatable bonds is 4. The van der Waals surface area contributed by atoms with E-state index >= 15 is 0 Å². The van der Waals surface area contributed by atoms with Crippen molar-refractivity contribution >= 4 is 29.4 Å². The molecule has 0 heterocycles. The number of phenolic OH excluding ortho intramolecular Hbond substituents is 2. The number of phenols is 2. The first-order chi connectivity index (χ1) is 11.2. The minimum absolute atomic E-state index is 0.152. The highest BCUT2D eigenvalue weighted by Crippen LogP contribution is 2.13. The van der Waals surface area contributed by atoms with E-state index in [2.05, 4.69) is 15.3 Å². The van der Waals surface area contributed by atoms with E-state index in [1.54, 1.807) is 48.0 Å². The number of hydrogen-bond acceptors (Lipinski definition) is 6. The summed E-state index contributed by atoms with van der Waals surface area (Å²) in [6, 6.07) is 13.8. The molecule has 0 unspecified atom stereocenters. The van der Waals surface area contributed by atoms with Crippen LogP contribution in [0, 0.1) is 0 Å². The lowest BCUT2D eigenvalue weighted by Crippen LogP contribution is -2.81. The van der Waals surface area contributed by atoms with Crippen LogP contribution in [-0.2, 0) is 0 Å². The van der Waals surface area contributed by atoms with E-state index in [4.69, 9.17) is 0 Å². The fourth-order valence-electron chi connectivity index (χ4n) is 1.64. The highest BCUT2D eigenvalue weighted by atomic mass is 32.2. The summed E-state index contributed by atoms with van der Waals surface area (Å²) in [5, 5.41) is 32.0. The van der Waals surface area contributed by atoms with Gasteiger partial charge in [0.05, 0.1) is 12.4 Å². The Hall–Kier alpha value is -2.64. The number of quaternary nitrogens is 1. The summed E-state index contributed by atoms with van der Waals surface area (Å²) < 4.78 is 0. The van der Waals surface area contributed by atoms with E-state index in [0.717, 1.165) is 0 Å². The van der Waals surface area contributed by atoms with Gasteiger partial charge in [0.2, 0.25) is 0 Å². The van der Waals surface area contributed by atoms with E-state index in [1.807, 2.05) is 18.4 Å². The van der Waals surface area contributed by atoms with Crippen molar-refractivity contribution in [3.63, 3.8) is 0 Å². The molecule has 0 radical (unpaired) electrons. The molecule has 7 heteroatoms. The molecule has 2 rings (SSSR count). The minimum Gasteiger partial charge on any atom is -0.507 e. The average Bonchev–Trinajstić information content (AvgIpc) is 2.56. The quantitative estimate of drug-likeness (QED) is 0.345. The molecule has 0 saturated carbocycles. The second-order valence-corrected chi connectivity index (χ2v) is 5.24. The molecule has 4 N–H and O–H groups in total. The van der Waals surface area contributed by atoms with Gasteiger partial charge in [-0.05, 0) is 42.3 Å². The molecule has 6 nitrogen and oxygen atoms in total. The molecule has 0 saturated heterocycles. The molecular formula is C16H17N4O2S+. The van der Waals surface area contributed by atoms with E-state index < -0.39 is 0 Å². The third kappa shape index (κ3) is 5.24. The molecule has 0 fully saturated rings. The van der Waals surface area contributed by atoms with Gasteiger partial charge in [0.1, 0.15) is 11.5 Å². The summed E-state index contributed by atoms with van der Waals surface area (Å²) in [5.74, 6) is 0.323. The van der Waals surface area contributed by atoms with Gasteiger partial charge in [-0.25, -0.2) is 0 Å². The maximum atomic E-state index is 9.64. The number of benzene rings is 2. The molecular weight excluding hydrogens is 312 g/mol. The molecule has 0 aliphatic heterocycles. The monoisotopic (exact) mass is 329 g/mol. The lowest BCUT2D eigenvalue weighted by atomic mass is 10.2. The Morgan fingerprint density at radius 3 is 2.09 bits per heavy atom. The van der Waals surface area contributed by atoms with Crippen molar-refractivity contribution in [3.05, 3.63) is 59.7 Å². The third-order valence-electron chi connectivity index (χ3n) is 2.83. The van der Waals surface area contributed by atoms with Crippen LogP contribution in [0.3, 0.4) is 0 Å². The smallest absolute Gasteiger partial charge is 0.305 e. The highest BCUT2D eigenvalue weighted by Gasteiger charge is 2.01. The molecule has 0 amide bonds. The van der Waals surface area contributed by atoms with Gasteiger partial charge in [-0.15, -0.1) is 0 Å². The molecule has 118 valence electrons. The van der Waals surface area contributed by atoms with Crippen LogP contribution in [0.1, 0.15) is 11.1 Å². The third-order valence-corrected chi connectivity index (χ3v) is 3.44. The molecule has 0 spiro atoms. The second kappa shape index (κ2) is 8.72. The van der Waals surface area contributed by atoms with Crippen LogP contribution >= 0.6 is 11.8 Å². The van der Waals surface area contributed by atoms with Crippen LogP contribution < -0.4 is 5.43 Å². The lowest BCUT2D eigenvalue weighted by molar-refractivity contribution is -0.539. The fraction of sp³-hybridized carbons (Fsp3) is 0.0625. The second-order valence-electron chi connectivity index (χ2n) is 4.41. The number of aromatic hydroxyl groups is 2. The largest absolute Gasteiger partial charge is 0.507 e. The van der Waals surface area contributed by atoms with Gasteiger partial charge >= 0.3 is 5.17 Å². The summed E-state index contributed by atoms with van der Waals surface area (Å²) in [7, 11) is 0. The Balaban J connectivity index is 2.00. The zero-order valence-corrected chi connectivity index (χ0v) is 13.3. The Kier molecular flexibility index (Phi) is 6.34. The molecule has 0 aliphatic rings.